The number of rotatable bonds is 5. The number of nitrogens with one attached hydrogen (secondary N) is 1. The van der Waals surface area contributed by atoms with Crippen molar-refractivity contribution >= 4 is 34.9 Å². The smallest absolute Gasteiger partial charge is 0.355 e. The molecule has 2 aromatic rings. The molecular weight excluding hydrogens is 339 g/mol. The molecule has 0 aliphatic heterocycles. The van der Waals surface area contributed by atoms with Gasteiger partial charge in [-0.05, 0) is 31.2 Å². The third-order valence-corrected chi connectivity index (χ3v) is 3.47. The molecule has 1 amide bonds. The average molecular weight is 353 g/mol. The van der Waals surface area contributed by atoms with Gasteiger partial charge in [0, 0.05) is 18.8 Å². The quantitative estimate of drug-likeness (QED) is 0.663. The Bertz CT molecular complexity index is 816. The molecule has 0 atom stereocenters. The Morgan fingerprint density at radius 3 is 2.58 bits per heavy atom. The number of esters is 1. The van der Waals surface area contributed by atoms with E-state index in [0.29, 0.717) is 5.56 Å². The molecule has 8 heteroatoms. The zero-order valence-corrected chi connectivity index (χ0v) is 13.7. The first-order valence-electron chi connectivity index (χ1n) is 6.87. The molecule has 0 unspecified atom stereocenters. The van der Waals surface area contributed by atoms with Crippen molar-refractivity contribution in [3.8, 4) is 0 Å². The van der Waals surface area contributed by atoms with Gasteiger partial charge >= 0.3 is 5.97 Å². The summed E-state index contributed by atoms with van der Waals surface area (Å²) in [5, 5.41) is 2.44. The molecule has 1 aromatic carbocycles. The number of aromatic nitrogens is 1. The third-order valence-electron chi connectivity index (χ3n) is 3.16. The molecule has 0 aliphatic carbocycles. The largest absolute Gasteiger partial charge is 0.451 e. The van der Waals surface area contributed by atoms with Crippen LogP contribution in [0.1, 0.15) is 27.8 Å². The number of aryl methyl sites for hydroxylation is 1. The maximum absolute atomic E-state index is 12.9. The van der Waals surface area contributed by atoms with Crippen LogP contribution in [0, 0.1) is 5.82 Å². The van der Waals surface area contributed by atoms with Gasteiger partial charge in [-0.1, -0.05) is 11.6 Å². The minimum Gasteiger partial charge on any atom is -0.451 e. The summed E-state index contributed by atoms with van der Waals surface area (Å²) in [4.78, 5) is 35.0. The molecule has 0 bridgehead atoms. The van der Waals surface area contributed by atoms with Crippen LogP contribution in [-0.2, 0) is 16.6 Å². The van der Waals surface area contributed by atoms with Crippen LogP contribution >= 0.6 is 11.6 Å². The number of halogens is 2. The first-order valence-corrected chi connectivity index (χ1v) is 7.25. The molecule has 0 aliphatic rings. The minimum atomic E-state index is -0.745. The SMILES string of the molecule is CC(=O)c1cc(C(=O)OCC(=O)Nc2ccc(F)cc2Cl)n(C)c1. The van der Waals surface area contributed by atoms with Crippen molar-refractivity contribution in [3.63, 3.8) is 0 Å². The summed E-state index contributed by atoms with van der Waals surface area (Å²) in [6.07, 6.45) is 1.50. The normalized spacial score (nSPS) is 10.3. The predicted octanol–water partition coefficient (Wildman–Crippen LogP) is 2.82. The molecule has 24 heavy (non-hydrogen) atoms. The number of ketones is 1. The van der Waals surface area contributed by atoms with Crippen molar-refractivity contribution in [2.45, 2.75) is 6.92 Å². The van der Waals surface area contributed by atoms with Gasteiger partial charge in [0.25, 0.3) is 5.91 Å². The minimum absolute atomic E-state index is 0.0308. The van der Waals surface area contributed by atoms with Crippen LogP contribution in [0.15, 0.2) is 30.5 Å². The van der Waals surface area contributed by atoms with Crippen molar-refractivity contribution in [2.75, 3.05) is 11.9 Å². The standard InChI is InChI=1S/C16H14ClFN2O4/c1-9(21)10-5-14(20(2)7-10)16(23)24-8-15(22)19-13-4-3-11(18)6-12(13)17/h3-7H,8H2,1-2H3,(H,19,22). The first kappa shape index (κ1) is 17.7. The summed E-state index contributed by atoms with van der Waals surface area (Å²) in [6, 6.07) is 4.88. The highest BCUT2D eigenvalue weighted by atomic mass is 35.5. The molecule has 0 radical (unpaired) electrons. The second kappa shape index (κ2) is 7.27. The number of carbonyl (C=O) groups excluding carboxylic acids is 3. The van der Waals surface area contributed by atoms with Crippen molar-refractivity contribution in [1.82, 2.24) is 4.57 Å². The van der Waals surface area contributed by atoms with Crippen molar-refractivity contribution < 1.29 is 23.5 Å². The summed E-state index contributed by atoms with van der Waals surface area (Å²) >= 11 is 5.79. The molecule has 2 rings (SSSR count). The van der Waals surface area contributed by atoms with Gasteiger partial charge in [0.05, 0.1) is 10.7 Å². The average Bonchev–Trinajstić information content (AvgIpc) is 2.90. The van der Waals surface area contributed by atoms with Gasteiger partial charge in [-0.25, -0.2) is 9.18 Å². The van der Waals surface area contributed by atoms with E-state index in [-0.39, 0.29) is 22.2 Å². The van der Waals surface area contributed by atoms with Crippen LogP contribution in [0.4, 0.5) is 10.1 Å². The lowest BCUT2D eigenvalue weighted by atomic mass is 10.2. The summed E-state index contributed by atoms with van der Waals surface area (Å²) in [7, 11) is 1.58. The van der Waals surface area contributed by atoms with Crippen LogP contribution < -0.4 is 5.32 Å². The van der Waals surface area contributed by atoms with Crippen LogP contribution in [0.2, 0.25) is 5.02 Å². The Morgan fingerprint density at radius 1 is 1.29 bits per heavy atom. The number of nitrogens with zero attached hydrogens (tertiary/aromatic N) is 1. The summed E-state index contributed by atoms with van der Waals surface area (Å²) in [5.41, 5.74) is 0.719. The molecule has 1 heterocycles. The number of carbonyl (C=O) groups is 3. The number of Topliss-reactive ketones (excluding diaryl/α,β-unsaturated/α-hetero) is 1. The Morgan fingerprint density at radius 2 is 2.00 bits per heavy atom. The lowest BCUT2D eigenvalue weighted by Crippen LogP contribution is -2.22. The lowest BCUT2D eigenvalue weighted by Gasteiger charge is -2.08. The maximum atomic E-state index is 12.9. The van der Waals surface area contributed by atoms with Crippen LogP contribution in [0.25, 0.3) is 0 Å². The highest BCUT2D eigenvalue weighted by Gasteiger charge is 2.17. The van der Waals surface area contributed by atoms with Gasteiger partial charge in [0.2, 0.25) is 0 Å². The van der Waals surface area contributed by atoms with Crippen LogP contribution in [0.5, 0.6) is 0 Å². The topological polar surface area (TPSA) is 77.4 Å². The molecule has 0 spiro atoms. The number of hydrogen-bond acceptors (Lipinski definition) is 4. The second-order valence-electron chi connectivity index (χ2n) is 5.03. The molecule has 1 N–H and O–H groups in total. The molecule has 6 nitrogen and oxygen atoms in total. The fourth-order valence-electron chi connectivity index (χ4n) is 1.94. The Hall–Kier alpha value is -2.67. The third kappa shape index (κ3) is 4.20. The van der Waals surface area contributed by atoms with E-state index in [9.17, 15) is 18.8 Å². The zero-order valence-electron chi connectivity index (χ0n) is 12.9. The van der Waals surface area contributed by atoms with Gasteiger partial charge in [-0.3, -0.25) is 9.59 Å². The van der Waals surface area contributed by atoms with E-state index < -0.39 is 24.3 Å². The summed E-state index contributed by atoms with van der Waals surface area (Å²) in [5.74, 6) is -2.09. The number of benzene rings is 1. The fourth-order valence-corrected chi connectivity index (χ4v) is 2.16. The van der Waals surface area contributed by atoms with Crippen LogP contribution in [-0.4, -0.2) is 28.8 Å². The van der Waals surface area contributed by atoms with Crippen molar-refractivity contribution in [1.29, 1.82) is 0 Å². The molecule has 0 saturated heterocycles. The number of ether oxygens (including phenoxy) is 1. The fraction of sp³-hybridized carbons (Fsp3) is 0.188. The molecule has 0 saturated carbocycles. The van der Waals surface area contributed by atoms with E-state index in [1.54, 1.807) is 7.05 Å². The predicted molar refractivity (Wildman–Crippen MR) is 85.7 cm³/mol. The summed E-state index contributed by atoms with van der Waals surface area (Å²) < 4.78 is 19.3. The Balaban J connectivity index is 1.96. The van der Waals surface area contributed by atoms with E-state index in [4.69, 9.17) is 16.3 Å². The lowest BCUT2D eigenvalue weighted by molar-refractivity contribution is -0.119. The van der Waals surface area contributed by atoms with E-state index in [1.165, 1.54) is 29.8 Å². The maximum Gasteiger partial charge on any atom is 0.355 e. The second-order valence-corrected chi connectivity index (χ2v) is 5.44. The van der Waals surface area contributed by atoms with Gasteiger partial charge < -0.3 is 14.6 Å². The molecule has 0 fully saturated rings. The van der Waals surface area contributed by atoms with Crippen molar-refractivity contribution in [3.05, 3.63) is 52.6 Å². The highest BCUT2D eigenvalue weighted by Crippen LogP contribution is 2.22. The number of anilines is 1. The number of amides is 1. The van der Waals surface area contributed by atoms with Gasteiger partial charge in [0.1, 0.15) is 11.5 Å². The molecule has 126 valence electrons. The van der Waals surface area contributed by atoms with E-state index >= 15 is 0 Å². The van der Waals surface area contributed by atoms with Crippen LogP contribution in [0.3, 0.4) is 0 Å². The summed E-state index contributed by atoms with van der Waals surface area (Å²) in [6.45, 7) is 0.831. The molecule has 1 aromatic heterocycles. The van der Waals surface area contributed by atoms with Crippen molar-refractivity contribution in [2.24, 2.45) is 7.05 Å². The first-order chi connectivity index (χ1) is 11.3. The van der Waals surface area contributed by atoms with Gasteiger partial charge in [-0.15, -0.1) is 0 Å². The monoisotopic (exact) mass is 352 g/mol. The molecular formula is C16H14ClFN2O4. The highest BCUT2D eigenvalue weighted by molar-refractivity contribution is 6.33. The zero-order chi connectivity index (χ0) is 17.9. The van der Waals surface area contributed by atoms with Gasteiger partial charge in [-0.2, -0.15) is 0 Å². The van der Waals surface area contributed by atoms with E-state index in [1.807, 2.05) is 0 Å². The Kier molecular flexibility index (Phi) is 5.35. The van der Waals surface area contributed by atoms with E-state index in [0.717, 1.165) is 12.1 Å². The number of hydrogen-bond donors (Lipinski definition) is 1. The van der Waals surface area contributed by atoms with Gasteiger partial charge in [0.15, 0.2) is 12.4 Å². The Labute approximate surface area is 142 Å². The van der Waals surface area contributed by atoms with E-state index in [2.05, 4.69) is 5.32 Å².